The minimum absolute atomic E-state index is 0.0192. The van der Waals surface area contributed by atoms with E-state index >= 15 is 0 Å². The van der Waals surface area contributed by atoms with Crippen molar-refractivity contribution in [1.29, 1.82) is 0 Å². The van der Waals surface area contributed by atoms with Gasteiger partial charge in [0.25, 0.3) is 5.69 Å². The fraction of sp³-hybridized carbons (Fsp3) is 0.462. The third-order valence-electron chi connectivity index (χ3n) is 3.10. The highest BCUT2D eigenvalue weighted by molar-refractivity contribution is 7.89. The molecule has 1 rings (SSSR count). The van der Waals surface area contributed by atoms with Crippen LogP contribution in [-0.4, -0.2) is 43.8 Å². The predicted molar refractivity (Wildman–Crippen MR) is 80.8 cm³/mol. The van der Waals surface area contributed by atoms with E-state index in [0.717, 1.165) is 24.3 Å². The smallest absolute Gasteiger partial charge is 0.269 e. The summed E-state index contributed by atoms with van der Waals surface area (Å²) in [5.74, 6) is -0.128. The Morgan fingerprint density at radius 2 is 1.77 bits per heavy atom. The molecular formula is C13H19N3O5S. The van der Waals surface area contributed by atoms with E-state index in [1.54, 1.807) is 4.90 Å². The summed E-state index contributed by atoms with van der Waals surface area (Å²) >= 11 is 0. The Morgan fingerprint density at radius 1 is 1.23 bits per heavy atom. The van der Waals surface area contributed by atoms with Crippen molar-refractivity contribution < 1.29 is 18.1 Å². The van der Waals surface area contributed by atoms with Gasteiger partial charge >= 0.3 is 0 Å². The largest absolute Gasteiger partial charge is 0.343 e. The quantitative estimate of drug-likeness (QED) is 0.568. The molecule has 0 aliphatic carbocycles. The number of non-ortho nitro benzene ring substituents is 1. The number of nitrogens with one attached hydrogen (secondary N) is 1. The number of carbonyl (C=O) groups excluding carboxylic acids is 1. The number of nitro benzene ring substituents is 1. The lowest BCUT2D eigenvalue weighted by atomic mass is 10.3. The van der Waals surface area contributed by atoms with Gasteiger partial charge in [-0.05, 0) is 26.0 Å². The average Bonchev–Trinajstić information content (AvgIpc) is 2.48. The molecule has 22 heavy (non-hydrogen) atoms. The molecule has 122 valence electrons. The third-order valence-corrected chi connectivity index (χ3v) is 4.58. The minimum atomic E-state index is -3.78. The summed E-state index contributed by atoms with van der Waals surface area (Å²) in [6.45, 7) is 4.83. The Kier molecular flexibility index (Phi) is 6.44. The molecule has 9 heteroatoms. The van der Waals surface area contributed by atoms with E-state index in [2.05, 4.69) is 4.72 Å². The van der Waals surface area contributed by atoms with Crippen molar-refractivity contribution in [2.75, 3.05) is 19.6 Å². The summed E-state index contributed by atoms with van der Waals surface area (Å²) in [5, 5.41) is 10.5. The number of hydrogen-bond donors (Lipinski definition) is 1. The van der Waals surface area contributed by atoms with Gasteiger partial charge in [-0.15, -0.1) is 0 Å². The van der Waals surface area contributed by atoms with E-state index < -0.39 is 14.9 Å². The van der Waals surface area contributed by atoms with Crippen LogP contribution in [0, 0.1) is 10.1 Å². The van der Waals surface area contributed by atoms with E-state index in [4.69, 9.17) is 0 Å². The van der Waals surface area contributed by atoms with Crippen molar-refractivity contribution in [3.05, 3.63) is 34.4 Å². The zero-order valence-corrected chi connectivity index (χ0v) is 13.3. The second-order valence-electron chi connectivity index (χ2n) is 4.46. The number of benzene rings is 1. The number of nitro groups is 1. The van der Waals surface area contributed by atoms with Crippen LogP contribution in [0.15, 0.2) is 29.2 Å². The molecule has 0 bridgehead atoms. The fourth-order valence-corrected chi connectivity index (χ4v) is 2.89. The van der Waals surface area contributed by atoms with Crippen LogP contribution in [0.5, 0.6) is 0 Å². The van der Waals surface area contributed by atoms with Crippen molar-refractivity contribution >= 4 is 21.6 Å². The first-order valence-corrected chi connectivity index (χ1v) is 8.32. The molecule has 0 saturated carbocycles. The van der Waals surface area contributed by atoms with Gasteiger partial charge in [-0.2, -0.15) is 0 Å². The molecule has 0 aliphatic rings. The lowest BCUT2D eigenvalue weighted by molar-refractivity contribution is -0.384. The molecule has 0 heterocycles. The summed E-state index contributed by atoms with van der Waals surface area (Å²) in [5.41, 5.74) is -0.185. The Hall–Kier alpha value is -2.00. The Balaban J connectivity index is 2.64. The number of carbonyl (C=O) groups is 1. The molecule has 0 unspecified atom stereocenters. The summed E-state index contributed by atoms with van der Waals surface area (Å²) in [4.78, 5) is 23.2. The Morgan fingerprint density at radius 3 is 2.23 bits per heavy atom. The number of amides is 1. The molecule has 0 spiro atoms. The summed E-state index contributed by atoms with van der Waals surface area (Å²) < 4.78 is 26.3. The summed E-state index contributed by atoms with van der Waals surface area (Å²) in [7, 11) is -3.78. The molecule has 1 aromatic rings. The second kappa shape index (κ2) is 7.85. The maximum absolute atomic E-state index is 12.0. The van der Waals surface area contributed by atoms with Crippen LogP contribution in [-0.2, 0) is 14.8 Å². The van der Waals surface area contributed by atoms with Crippen LogP contribution in [0.3, 0.4) is 0 Å². The first-order valence-electron chi connectivity index (χ1n) is 6.83. The molecule has 1 aromatic carbocycles. The van der Waals surface area contributed by atoms with Crippen molar-refractivity contribution in [3.8, 4) is 0 Å². The van der Waals surface area contributed by atoms with Crippen LogP contribution < -0.4 is 4.72 Å². The van der Waals surface area contributed by atoms with Gasteiger partial charge in [-0.25, -0.2) is 13.1 Å². The van der Waals surface area contributed by atoms with Gasteiger partial charge < -0.3 is 4.90 Å². The van der Waals surface area contributed by atoms with Gasteiger partial charge in [0.05, 0.1) is 9.82 Å². The van der Waals surface area contributed by atoms with E-state index in [0.29, 0.717) is 13.1 Å². The van der Waals surface area contributed by atoms with Gasteiger partial charge in [0.15, 0.2) is 0 Å². The van der Waals surface area contributed by atoms with Crippen LogP contribution >= 0.6 is 0 Å². The van der Waals surface area contributed by atoms with Crippen LogP contribution in [0.1, 0.15) is 20.3 Å². The van der Waals surface area contributed by atoms with Crippen LogP contribution in [0.25, 0.3) is 0 Å². The molecule has 0 saturated heterocycles. The molecule has 1 N–H and O–H groups in total. The maximum Gasteiger partial charge on any atom is 0.269 e. The van der Waals surface area contributed by atoms with Gasteiger partial charge in [-0.3, -0.25) is 14.9 Å². The monoisotopic (exact) mass is 329 g/mol. The third kappa shape index (κ3) is 4.78. The molecular weight excluding hydrogens is 310 g/mol. The highest BCUT2D eigenvalue weighted by Gasteiger charge is 2.17. The van der Waals surface area contributed by atoms with Gasteiger partial charge in [0.2, 0.25) is 15.9 Å². The minimum Gasteiger partial charge on any atom is -0.343 e. The standard InChI is InChI=1S/C13H19N3O5S/c1-3-15(4-2)13(17)9-10-14-22(20,21)12-7-5-11(6-8-12)16(18)19/h5-8,14H,3-4,9-10H2,1-2H3. The van der Waals surface area contributed by atoms with E-state index in [9.17, 15) is 23.3 Å². The maximum atomic E-state index is 12.0. The van der Waals surface area contributed by atoms with E-state index in [1.165, 1.54) is 0 Å². The van der Waals surface area contributed by atoms with Crippen LogP contribution in [0.2, 0.25) is 0 Å². The second-order valence-corrected chi connectivity index (χ2v) is 6.23. The Bertz CT molecular complexity index is 624. The lowest BCUT2D eigenvalue weighted by Crippen LogP contribution is -2.34. The highest BCUT2D eigenvalue weighted by atomic mass is 32.2. The zero-order chi connectivity index (χ0) is 16.8. The zero-order valence-electron chi connectivity index (χ0n) is 12.5. The normalized spacial score (nSPS) is 11.2. The molecule has 0 fully saturated rings. The number of sulfonamides is 1. The van der Waals surface area contributed by atoms with E-state index in [1.807, 2.05) is 13.8 Å². The van der Waals surface area contributed by atoms with Crippen molar-refractivity contribution in [2.24, 2.45) is 0 Å². The first-order chi connectivity index (χ1) is 10.3. The highest BCUT2D eigenvalue weighted by Crippen LogP contribution is 2.15. The topological polar surface area (TPSA) is 110 Å². The SMILES string of the molecule is CCN(CC)C(=O)CCNS(=O)(=O)c1ccc([N+](=O)[O-])cc1. The van der Waals surface area contributed by atoms with Crippen molar-refractivity contribution in [1.82, 2.24) is 9.62 Å². The molecule has 0 aromatic heterocycles. The molecule has 8 nitrogen and oxygen atoms in total. The Labute approximate surface area is 129 Å². The molecule has 0 radical (unpaired) electrons. The number of nitrogens with zero attached hydrogens (tertiary/aromatic N) is 2. The van der Waals surface area contributed by atoms with Gasteiger partial charge in [-0.1, -0.05) is 0 Å². The summed E-state index contributed by atoms with van der Waals surface area (Å²) in [6.07, 6.45) is 0.0634. The lowest BCUT2D eigenvalue weighted by Gasteiger charge is -2.18. The van der Waals surface area contributed by atoms with E-state index in [-0.39, 0.29) is 29.5 Å². The molecule has 0 atom stereocenters. The van der Waals surface area contributed by atoms with Crippen LogP contribution in [0.4, 0.5) is 5.69 Å². The van der Waals surface area contributed by atoms with Gasteiger partial charge in [0, 0.05) is 38.2 Å². The molecule has 1 amide bonds. The van der Waals surface area contributed by atoms with Crippen molar-refractivity contribution in [3.63, 3.8) is 0 Å². The van der Waals surface area contributed by atoms with Crippen molar-refractivity contribution in [2.45, 2.75) is 25.2 Å². The van der Waals surface area contributed by atoms with Gasteiger partial charge in [0.1, 0.15) is 0 Å². The predicted octanol–water partition coefficient (Wildman–Crippen LogP) is 1.13. The molecule has 0 aliphatic heterocycles. The average molecular weight is 329 g/mol. The summed E-state index contributed by atoms with van der Waals surface area (Å²) in [6, 6.07) is 4.56. The number of rotatable bonds is 8. The first kappa shape index (κ1) is 18.1. The fourth-order valence-electron chi connectivity index (χ4n) is 1.86. The number of hydrogen-bond acceptors (Lipinski definition) is 5.